The van der Waals surface area contributed by atoms with Crippen LogP contribution in [-0.4, -0.2) is 11.2 Å². The molecule has 0 aromatic rings. The van der Waals surface area contributed by atoms with Crippen molar-refractivity contribution < 1.29 is 5.11 Å². The van der Waals surface area contributed by atoms with E-state index in [1.54, 1.807) is 0 Å². The zero-order valence-electron chi connectivity index (χ0n) is 12.5. The van der Waals surface area contributed by atoms with E-state index in [1.165, 1.54) is 51.4 Å². The summed E-state index contributed by atoms with van der Waals surface area (Å²) in [5.74, 6) is 5.06. The molecule has 1 nitrogen and oxygen atoms in total. The second kappa shape index (κ2) is 4.48. The second-order valence-corrected chi connectivity index (χ2v) is 8.41. The highest BCUT2D eigenvalue weighted by Crippen LogP contribution is 2.62. The van der Waals surface area contributed by atoms with E-state index in [-0.39, 0.29) is 6.10 Å². The average Bonchev–Trinajstić information content (AvgIpc) is 2.88. The topological polar surface area (TPSA) is 20.2 Å². The van der Waals surface area contributed by atoms with Gasteiger partial charge in [-0.2, -0.15) is 0 Å². The molecule has 0 spiro atoms. The monoisotopic (exact) mass is 262 g/mol. The fourth-order valence-electron chi connectivity index (χ4n) is 6.85. The highest BCUT2D eigenvalue weighted by molar-refractivity contribution is 5.04. The predicted molar refractivity (Wildman–Crippen MR) is 77.7 cm³/mol. The third-order valence-electron chi connectivity index (χ3n) is 7.83. The van der Waals surface area contributed by atoms with Crippen LogP contribution in [0.4, 0.5) is 0 Å². The molecule has 1 N–H and O–H groups in total. The lowest BCUT2D eigenvalue weighted by Gasteiger charge is -2.58. The van der Waals surface area contributed by atoms with Crippen LogP contribution >= 0.6 is 0 Å². The van der Waals surface area contributed by atoms with Gasteiger partial charge in [-0.3, -0.25) is 0 Å². The lowest BCUT2D eigenvalue weighted by atomic mass is 9.47. The molecule has 4 aliphatic rings. The second-order valence-electron chi connectivity index (χ2n) is 8.41. The molecular formula is C18H30O. The van der Waals surface area contributed by atoms with Gasteiger partial charge in [0.05, 0.1) is 6.10 Å². The van der Waals surface area contributed by atoms with E-state index >= 15 is 0 Å². The fraction of sp³-hybridized carbons (Fsp3) is 1.00. The fourth-order valence-corrected chi connectivity index (χ4v) is 6.85. The molecule has 0 radical (unpaired) electrons. The highest BCUT2D eigenvalue weighted by Gasteiger charge is 2.54. The van der Waals surface area contributed by atoms with E-state index in [0.717, 1.165) is 42.4 Å². The van der Waals surface area contributed by atoms with Crippen molar-refractivity contribution >= 4 is 0 Å². The molecule has 1 heteroatoms. The Morgan fingerprint density at radius 3 is 2.68 bits per heavy atom. The van der Waals surface area contributed by atoms with Crippen LogP contribution < -0.4 is 0 Å². The number of aliphatic hydroxyl groups is 1. The number of aliphatic hydroxyl groups excluding tert-OH is 1. The quantitative estimate of drug-likeness (QED) is 0.686. The van der Waals surface area contributed by atoms with Gasteiger partial charge in [-0.25, -0.2) is 0 Å². The van der Waals surface area contributed by atoms with E-state index < -0.39 is 0 Å². The first kappa shape index (κ1) is 12.7. The summed E-state index contributed by atoms with van der Waals surface area (Å²) in [6.07, 6.45) is 14.0. The SMILES string of the molecule is CC12CCC(O)C[C@H]1CCC1C3CCCC3CCC12. The first-order valence-electron chi connectivity index (χ1n) is 8.86. The first-order valence-corrected chi connectivity index (χ1v) is 8.86. The third-order valence-corrected chi connectivity index (χ3v) is 7.83. The molecule has 0 bridgehead atoms. The summed E-state index contributed by atoms with van der Waals surface area (Å²) >= 11 is 0. The zero-order valence-corrected chi connectivity index (χ0v) is 12.5. The molecule has 0 aliphatic heterocycles. The van der Waals surface area contributed by atoms with Crippen LogP contribution in [0.25, 0.3) is 0 Å². The van der Waals surface area contributed by atoms with Crippen molar-refractivity contribution in [3.8, 4) is 0 Å². The van der Waals surface area contributed by atoms with Crippen LogP contribution in [0.2, 0.25) is 0 Å². The molecule has 19 heavy (non-hydrogen) atoms. The Bertz CT molecular complexity index is 352. The molecule has 0 aromatic heterocycles. The Morgan fingerprint density at radius 2 is 1.79 bits per heavy atom. The van der Waals surface area contributed by atoms with Gasteiger partial charge in [-0.1, -0.05) is 19.8 Å². The van der Waals surface area contributed by atoms with E-state index in [4.69, 9.17) is 0 Å². The highest BCUT2D eigenvalue weighted by atomic mass is 16.3. The number of hydrogen-bond donors (Lipinski definition) is 1. The van der Waals surface area contributed by atoms with E-state index in [0.29, 0.717) is 5.41 Å². The smallest absolute Gasteiger partial charge is 0.0543 e. The van der Waals surface area contributed by atoms with Crippen LogP contribution in [0.3, 0.4) is 0 Å². The maximum atomic E-state index is 10.0. The summed E-state index contributed by atoms with van der Waals surface area (Å²) in [6, 6.07) is 0. The Hall–Kier alpha value is -0.0400. The number of fused-ring (bicyclic) bond motifs is 5. The molecule has 4 aliphatic carbocycles. The van der Waals surface area contributed by atoms with Crippen molar-refractivity contribution in [2.24, 2.45) is 35.0 Å². The molecule has 108 valence electrons. The van der Waals surface area contributed by atoms with Gasteiger partial charge in [-0.05, 0) is 86.4 Å². The lowest BCUT2D eigenvalue weighted by molar-refractivity contribution is -0.106. The maximum Gasteiger partial charge on any atom is 0.0543 e. The van der Waals surface area contributed by atoms with Gasteiger partial charge in [0, 0.05) is 0 Å². The minimum Gasteiger partial charge on any atom is -0.393 e. The Morgan fingerprint density at radius 1 is 0.895 bits per heavy atom. The van der Waals surface area contributed by atoms with Gasteiger partial charge in [0.25, 0.3) is 0 Å². The molecule has 0 heterocycles. The molecule has 4 rings (SSSR count). The summed E-state index contributed by atoms with van der Waals surface area (Å²) in [6.45, 7) is 2.59. The van der Waals surface area contributed by atoms with Gasteiger partial charge in [0.2, 0.25) is 0 Å². The maximum absolute atomic E-state index is 10.0. The third kappa shape index (κ3) is 1.83. The van der Waals surface area contributed by atoms with Crippen LogP contribution in [0, 0.1) is 35.0 Å². The van der Waals surface area contributed by atoms with E-state index in [2.05, 4.69) is 6.92 Å². The summed E-state index contributed by atoms with van der Waals surface area (Å²) in [5, 5.41) is 10.0. The van der Waals surface area contributed by atoms with Crippen LogP contribution in [0.15, 0.2) is 0 Å². The lowest BCUT2D eigenvalue weighted by Crippen LogP contribution is -2.51. The van der Waals surface area contributed by atoms with E-state index in [1.807, 2.05) is 0 Å². The van der Waals surface area contributed by atoms with Crippen molar-refractivity contribution in [2.45, 2.75) is 77.2 Å². The van der Waals surface area contributed by atoms with Crippen molar-refractivity contribution in [1.29, 1.82) is 0 Å². The van der Waals surface area contributed by atoms with E-state index in [9.17, 15) is 5.11 Å². The minimum atomic E-state index is 0.0115. The molecule has 4 fully saturated rings. The van der Waals surface area contributed by atoms with Gasteiger partial charge in [-0.15, -0.1) is 0 Å². The average molecular weight is 262 g/mol. The van der Waals surface area contributed by atoms with Crippen LogP contribution in [-0.2, 0) is 0 Å². The molecule has 0 saturated heterocycles. The minimum absolute atomic E-state index is 0.0115. The van der Waals surface area contributed by atoms with Crippen molar-refractivity contribution in [2.75, 3.05) is 0 Å². The van der Waals surface area contributed by atoms with Crippen LogP contribution in [0.5, 0.6) is 0 Å². The van der Waals surface area contributed by atoms with Crippen LogP contribution in [0.1, 0.15) is 71.1 Å². The summed E-state index contributed by atoms with van der Waals surface area (Å²) in [5.41, 5.74) is 0.579. The van der Waals surface area contributed by atoms with Gasteiger partial charge >= 0.3 is 0 Å². The van der Waals surface area contributed by atoms with Gasteiger partial charge in [0.1, 0.15) is 0 Å². The molecule has 6 unspecified atom stereocenters. The standard InChI is InChI=1S/C18H30O/c1-18-10-9-14(19)11-13(18)6-7-16-15-4-2-3-12(15)5-8-17(16)18/h12-17,19H,2-11H2,1H3/t12?,13-,14?,15?,16?,17?,18?/m1/s1. The summed E-state index contributed by atoms with van der Waals surface area (Å²) in [7, 11) is 0. The molecule has 0 amide bonds. The first-order chi connectivity index (χ1) is 9.18. The van der Waals surface area contributed by atoms with Crippen molar-refractivity contribution in [3.63, 3.8) is 0 Å². The summed E-state index contributed by atoms with van der Waals surface area (Å²) < 4.78 is 0. The largest absolute Gasteiger partial charge is 0.393 e. The van der Waals surface area contributed by atoms with Crippen molar-refractivity contribution in [3.05, 3.63) is 0 Å². The summed E-state index contributed by atoms with van der Waals surface area (Å²) in [4.78, 5) is 0. The van der Waals surface area contributed by atoms with Gasteiger partial charge < -0.3 is 5.11 Å². The predicted octanol–water partition coefficient (Wildman–Crippen LogP) is 4.39. The normalized spacial score (nSPS) is 57.2. The number of hydrogen-bond acceptors (Lipinski definition) is 1. The Balaban J connectivity index is 1.60. The number of rotatable bonds is 0. The Kier molecular flexibility index (Phi) is 2.99. The molecule has 0 aromatic carbocycles. The van der Waals surface area contributed by atoms with Gasteiger partial charge in [0.15, 0.2) is 0 Å². The van der Waals surface area contributed by atoms with Crippen molar-refractivity contribution in [1.82, 2.24) is 0 Å². The molecule has 7 atom stereocenters. The molecular weight excluding hydrogens is 232 g/mol. The Labute approximate surface area is 118 Å². The zero-order chi connectivity index (χ0) is 13.0. The molecule has 4 saturated carbocycles.